The molecule has 2 rings (SSSR count). The fraction of sp³-hybridized carbons (Fsp3) is 0.214. The quantitative estimate of drug-likeness (QED) is 0.823. The largest absolute Gasteiger partial charge is 0.395 e. The van der Waals surface area contributed by atoms with Crippen LogP contribution in [-0.2, 0) is 0 Å². The van der Waals surface area contributed by atoms with E-state index in [-0.39, 0.29) is 12.3 Å². The van der Waals surface area contributed by atoms with Crippen LogP contribution in [0.1, 0.15) is 28.4 Å². The summed E-state index contributed by atoms with van der Waals surface area (Å²) in [5, 5.41) is 14.9. The monoisotopic (exact) mass is 271 g/mol. The van der Waals surface area contributed by atoms with Crippen LogP contribution in [0.2, 0.25) is 0 Å². The predicted octanol–water partition coefficient (Wildman–Crippen LogP) is 1.36. The molecule has 2 heterocycles. The highest BCUT2D eigenvalue weighted by atomic mass is 16.5. The highest BCUT2D eigenvalue weighted by Crippen LogP contribution is 2.08. The minimum Gasteiger partial charge on any atom is -0.395 e. The van der Waals surface area contributed by atoms with Crippen molar-refractivity contribution in [2.45, 2.75) is 13.3 Å². The van der Waals surface area contributed by atoms with Gasteiger partial charge in [-0.25, -0.2) is 4.98 Å². The van der Waals surface area contributed by atoms with E-state index >= 15 is 0 Å². The van der Waals surface area contributed by atoms with E-state index < -0.39 is 5.91 Å². The third kappa shape index (κ3) is 3.67. The van der Waals surface area contributed by atoms with Crippen LogP contribution in [0.5, 0.6) is 0 Å². The minimum absolute atomic E-state index is 0.00887. The molecule has 0 bridgehead atoms. The molecule has 0 aliphatic heterocycles. The second-order valence-electron chi connectivity index (χ2n) is 3.96. The Balaban J connectivity index is 2.08. The molecule has 0 fully saturated rings. The Morgan fingerprint density at radius 3 is 3.05 bits per heavy atom. The summed E-state index contributed by atoms with van der Waals surface area (Å²) >= 11 is 0. The second-order valence-corrected chi connectivity index (χ2v) is 3.96. The standard InChI is InChI=1S/C14H13N3O3/c1-10-9-12(17-20-10)14(19)16-13-7-4-6-11(15-13)5-2-3-8-18/h4,6-7,9,18H,3,8H2,1H3,(H,15,16,19). The van der Waals surface area contributed by atoms with Gasteiger partial charge in [0, 0.05) is 12.5 Å². The lowest BCUT2D eigenvalue weighted by Crippen LogP contribution is -2.13. The maximum absolute atomic E-state index is 11.9. The number of aliphatic hydroxyl groups is 1. The zero-order chi connectivity index (χ0) is 14.4. The molecule has 2 aromatic heterocycles. The van der Waals surface area contributed by atoms with Crippen LogP contribution in [0.25, 0.3) is 0 Å². The summed E-state index contributed by atoms with van der Waals surface area (Å²) in [6.07, 6.45) is 0.385. The first-order chi connectivity index (χ1) is 9.69. The molecule has 0 atom stereocenters. The van der Waals surface area contributed by atoms with Gasteiger partial charge < -0.3 is 14.9 Å². The molecule has 6 heteroatoms. The zero-order valence-electron chi connectivity index (χ0n) is 10.9. The number of aliphatic hydroxyl groups excluding tert-OH is 1. The summed E-state index contributed by atoms with van der Waals surface area (Å²) < 4.78 is 4.84. The smallest absolute Gasteiger partial charge is 0.279 e. The van der Waals surface area contributed by atoms with Crippen LogP contribution < -0.4 is 5.32 Å². The van der Waals surface area contributed by atoms with Crippen LogP contribution in [-0.4, -0.2) is 27.8 Å². The minimum atomic E-state index is -0.394. The van der Waals surface area contributed by atoms with Gasteiger partial charge in [-0.2, -0.15) is 0 Å². The summed E-state index contributed by atoms with van der Waals surface area (Å²) in [4.78, 5) is 16.0. The Labute approximate surface area is 115 Å². The average Bonchev–Trinajstić information content (AvgIpc) is 2.86. The molecular weight excluding hydrogens is 258 g/mol. The Morgan fingerprint density at radius 2 is 2.35 bits per heavy atom. The number of carbonyl (C=O) groups excluding carboxylic acids is 1. The molecule has 102 valence electrons. The fourth-order valence-corrected chi connectivity index (χ4v) is 1.44. The maximum atomic E-state index is 11.9. The molecule has 0 saturated heterocycles. The predicted molar refractivity (Wildman–Crippen MR) is 72.0 cm³/mol. The first-order valence-corrected chi connectivity index (χ1v) is 6.00. The van der Waals surface area contributed by atoms with Crippen LogP contribution in [0.3, 0.4) is 0 Å². The number of hydrogen-bond donors (Lipinski definition) is 2. The van der Waals surface area contributed by atoms with Crippen LogP contribution in [0, 0.1) is 18.8 Å². The lowest BCUT2D eigenvalue weighted by atomic mass is 10.3. The third-order valence-electron chi connectivity index (χ3n) is 2.30. The summed E-state index contributed by atoms with van der Waals surface area (Å²) in [7, 11) is 0. The molecule has 0 unspecified atom stereocenters. The Kier molecular flexibility index (Phi) is 4.47. The van der Waals surface area contributed by atoms with E-state index in [1.54, 1.807) is 31.2 Å². The summed E-state index contributed by atoms with van der Waals surface area (Å²) in [6, 6.07) is 6.65. The summed E-state index contributed by atoms with van der Waals surface area (Å²) in [5.74, 6) is 6.11. The molecule has 0 aromatic carbocycles. The van der Waals surface area contributed by atoms with Gasteiger partial charge in [0.15, 0.2) is 5.69 Å². The summed E-state index contributed by atoms with van der Waals surface area (Å²) in [6.45, 7) is 1.72. The van der Waals surface area contributed by atoms with E-state index in [0.29, 0.717) is 23.7 Å². The lowest BCUT2D eigenvalue weighted by Gasteiger charge is -2.01. The van der Waals surface area contributed by atoms with Gasteiger partial charge in [-0.15, -0.1) is 0 Å². The van der Waals surface area contributed by atoms with Crippen molar-refractivity contribution in [1.29, 1.82) is 0 Å². The normalized spacial score (nSPS) is 9.70. The number of anilines is 1. The maximum Gasteiger partial charge on any atom is 0.279 e. The van der Waals surface area contributed by atoms with Gasteiger partial charge in [-0.05, 0) is 25.0 Å². The van der Waals surface area contributed by atoms with E-state index in [1.807, 2.05) is 0 Å². The number of aromatic nitrogens is 2. The van der Waals surface area contributed by atoms with E-state index in [4.69, 9.17) is 9.63 Å². The molecular formula is C14H13N3O3. The van der Waals surface area contributed by atoms with E-state index in [1.165, 1.54) is 0 Å². The molecule has 0 radical (unpaired) electrons. The van der Waals surface area contributed by atoms with Gasteiger partial charge in [0.05, 0.1) is 6.61 Å². The molecule has 2 N–H and O–H groups in total. The van der Waals surface area contributed by atoms with Gasteiger partial charge in [-0.1, -0.05) is 17.1 Å². The number of nitrogens with one attached hydrogen (secondary N) is 1. The summed E-state index contributed by atoms with van der Waals surface area (Å²) in [5.41, 5.74) is 0.716. The Bertz CT molecular complexity index is 668. The molecule has 0 saturated carbocycles. The van der Waals surface area contributed by atoms with Crippen molar-refractivity contribution in [1.82, 2.24) is 10.1 Å². The van der Waals surface area contributed by atoms with E-state index in [9.17, 15) is 4.79 Å². The first-order valence-electron chi connectivity index (χ1n) is 6.00. The number of aryl methyl sites for hydroxylation is 1. The van der Waals surface area contributed by atoms with Crippen LogP contribution in [0.15, 0.2) is 28.8 Å². The topological polar surface area (TPSA) is 88.2 Å². The van der Waals surface area contributed by atoms with Gasteiger partial charge >= 0.3 is 0 Å². The number of rotatable bonds is 3. The van der Waals surface area contributed by atoms with Crippen molar-refractivity contribution in [3.8, 4) is 11.8 Å². The molecule has 0 aliphatic carbocycles. The van der Waals surface area contributed by atoms with Crippen molar-refractivity contribution >= 4 is 11.7 Å². The Hall–Kier alpha value is -2.65. The number of pyridine rings is 1. The fourth-order valence-electron chi connectivity index (χ4n) is 1.44. The van der Waals surface area contributed by atoms with Crippen LogP contribution >= 0.6 is 0 Å². The van der Waals surface area contributed by atoms with Crippen molar-refractivity contribution in [3.63, 3.8) is 0 Å². The van der Waals surface area contributed by atoms with E-state index in [0.717, 1.165) is 0 Å². The lowest BCUT2D eigenvalue weighted by molar-refractivity contribution is 0.101. The van der Waals surface area contributed by atoms with Crippen molar-refractivity contribution < 1.29 is 14.4 Å². The second kappa shape index (κ2) is 6.50. The first kappa shape index (κ1) is 13.8. The van der Waals surface area contributed by atoms with Crippen molar-refractivity contribution in [3.05, 3.63) is 41.4 Å². The molecule has 0 spiro atoms. The number of nitrogens with zero attached hydrogens (tertiary/aromatic N) is 2. The molecule has 20 heavy (non-hydrogen) atoms. The number of hydrogen-bond acceptors (Lipinski definition) is 5. The number of carbonyl (C=O) groups is 1. The highest BCUT2D eigenvalue weighted by Gasteiger charge is 2.11. The Morgan fingerprint density at radius 1 is 1.50 bits per heavy atom. The molecule has 2 aromatic rings. The zero-order valence-corrected chi connectivity index (χ0v) is 10.9. The molecule has 0 aliphatic rings. The SMILES string of the molecule is Cc1cc(C(=O)Nc2cccc(C#CCCO)n2)no1. The highest BCUT2D eigenvalue weighted by molar-refractivity contribution is 6.02. The van der Waals surface area contributed by atoms with Gasteiger partial charge in [0.25, 0.3) is 5.91 Å². The van der Waals surface area contributed by atoms with Gasteiger partial charge in [0.1, 0.15) is 17.3 Å². The number of amides is 1. The van der Waals surface area contributed by atoms with Crippen molar-refractivity contribution in [2.24, 2.45) is 0 Å². The molecule has 1 amide bonds. The van der Waals surface area contributed by atoms with Crippen molar-refractivity contribution in [2.75, 3.05) is 11.9 Å². The van der Waals surface area contributed by atoms with E-state index in [2.05, 4.69) is 27.3 Å². The average molecular weight is 271 g/mol. The van der Waals surface area contributed by atoms with Crippen LogP contribution in [0.4, 0.5) is 5.82 Å². The van der Waals surface area contributed by atoms with Gasteiger partial charge in [-0.3, -0.25) is 4.79 Å². The van der Waals surface area contributed by atoms with Gasteiger partial charge in [0.2, 0.25) is 0 Å². The molecule has 6 nitrogen and oxygen atoms in total. The third-order valence-corrected chi connectivity index (χ3v) is 2.30.